The van der Waals surface area contributed by atoms with Gasteiger partial charge >= 0.3 is 12.2 Å². The van der Waals surface area contributed by atoms with Gasteiger partial charge in [0.2, 0.25) is 6.29 Å². The van der Waals surface area contributed by atoms with Crippen molar-refractivity contribution >= 4 is 28.2 Å². The van der Waals surface area contributed by atoms with Crippen LogP contribution in [0.3, 0.4) is 0 Å². The van der Waals surface area contributed by atoms with E-state index in [2.05, 4.69) is 30.7 Å². The molecule has 0 saturated heterocycles. The van der Waals surface area contributed by atoms with Gasteiger partial charge in [-0.3, -0.25) is 0 Å². The molecule has 1 amide bonds. The van der Waals surface area contributed by atoms with Crippen molar-refractivity contribution in [1.29, 1.82) is 0 Å². The maximum Gasteiger partial charge on any atom is 0.511 e. The number of alkyl carbamates (subject to hydrolysis) is 1. The lowest BCUT2D eigenvalue weighted by Gasteiger charge is -2.15. The van der Waals surface area contributed by atoms with Crippen LogP contribution in [-0.2, 0) is 20.6 Å². The van der Waals surface area contributed by atoms with Gasteiger partial charge in [-0.05, 0) is 40.0 Å². The second-order valence-electron chi connectivity index (χ2n) is 4.52. The molecule has 1 aromatic carbocycles. The predicted molar refractivity (Wildman–Crippen MR) is 99.7 cm³/mol. The molecule has 0 saturated carbocycles. The van der Waals surface area contributed by atoms with Gasteiger partial charge in [-0.1, -0.05) is 13.8 Å². The van der Waals surface area contributed by atoms with Crippen molar-refractivity contribution in [3.8, 4) is 11.5 Å². The van der Waals surface area contributed by atoms with E-state index in [0.717, 1.165) is 17.1 Å². The van der Waals surface area contributed by atoms with Gasteiger partial charge in [0.1, 0.15) is 11.5 Å². The molecule has 0 bridgehead atoms. The van der Waals surface area contributed by atoms with Crippen LogP contribution in [0, 0.1) is 0 Å². The standard InChI is InChI=1S/C15H20BrNO7.C2H6/c1-9(24-15(19)22-4)23-14(18)17-6-5-10-7-13(21-3)11(16)8-12(10)20-2;1-2/h7-9H,5-6H2,1-4H3,(H,17,18);1-2H3. The highest BCUT2D eigenvalue weighted by atomic mass is 79.9. The second kappa shape index (κ2) is 13.1. The number of carbonyl (C=O) groups is 2. The van der Waals surface area contributed by atoms with E-state index in [1.54, 1.807) is 20.3 Å². The molecule has 26 heavy (non-hydrogen) atoms. The summed E-state index contributed by atoms with van der Waals surface area (Å²) in [5.74, 6) is 1.33. The predicted octanol–water partition coefficient (Wildman–Crippen LogP) is 3.89. The minimum atomic E-state index is -1.06. The van der Waals surface area contributed by atoms with Gasteiger partial charge < -0.3 is 29.0 Å². The van der Waals surface area contributed by atoms with Crippen LogP contribution in [0.15, 0.2) is 16.6 Å². The second-order valence-corrected chi connectivity index (χ2v) is 5.37. The van der Waals surface area contributed by atoms with Gasteiger partial charge in [-0.25, -0.2) is 9.59 Å². The van der Waals surface area contributed by atoms with Gasteiger partial charge in [0.25, 0.3) is 0 Å². The van der Waals surface area contributed by atoms with Crippen LogP contribution in [0.25, 0.3) is 0 Å². The molecule has 0 aliphatic rings. The third-order valence-corrected chi connectivity index (χ3v) is 3.54. The maximum absolute atomic E-state index is 11.6. The van der Waals surface area contributed by atoms with E-state index < -0.39 is 18.5 Å². The SMILES string of the molecule is CC.COC(=O)OC(C)OC(=O)NCCc1cc(OC)c(Br)cc1OC. The van der Waals surface area contributed by atoms with Crippen molar-refractivity contribution in [3.05, 3.63) is 22.2 Å². The Hall–Kier alpha value is -2.16. The summed E-state index contributed by atoms with van der Waals surface area (Å²) in [5.41, 5.74) is 0.858. The Morgan fingerprint density at radius 1 is 1.08 bits per heavy atom. The van der Waals surface area contributed by atoms with Crippen molar-refractivity contribution in [2.24, 2.45) is 0 Å². The molecular weight excluding hydrogens is 410 g/mol. The number of rotatable bonds is 7. The fraction of sp³-hybridized carbons (Fsp3) is 0.529. The Balaban J connectivity index is 0.00000301. The molecule has 148 valence electrons. The third kappa shape index (κ3) is 8.28. The first-order valence-corrected chi connectivity index (χ1v) is 8.80. The minimum absolute atomic E-state index is 0.297. The lowest BCUT2D eigenvalue weighted by molar-refractivity contribution is -0.0699. The summed E-state index contributed by atoms with van der Waals surface area (Å²) in [5, 5.41) is 2.56. The molecule has 0 spiro atoms. The Morgan fingerprint density at radius 3 is 2.23 bits per heavy atom. The van der Waals surface area contributed by atoms with Crippen molar-refractivity contribution < 1.29 is 33.3 Å². The van der Waals surface area contributed by atoms with Crippen LogP contribution in [0.5, 0.6) is 11.5 Å². The number of benzene rings is 1. The van der Waals surface area contributed by atoms with Crippen LogP contribution < -0.4 is 14.8 Å². The average molecular weight is 436 g/mol. The molecule has 0 fully saturated rings. The largest absolute Gasteiger partial charge is 0.511 e. The maximum atomic E-state index is 11.6. The fourth-order valence-corrected chi connectivity index (χ4v) is 2.30. The number of halogens is 1. The average Bonchev–Trinajstić information content (AvgIpc) is 2.63. The monoisotopic (exact) mass is 435 g/mol. The van der Waals surface area contributed by atoms with E-state index >= 15 is 0 Å². The molecule has 0 heterocycles. The quantitative estimate of drug-likeness (QED) is 0.512. The topological polar surface area (TPSA) is 92.3 Å². The summed E-state index contributed by atoms with van der Waals surface area (Å²) in [6, 6.07) is 3.61. The summed E-state index contributed by atoms with van der Waals surface area (Å²) < 4.78 is 25.1. The van der Waals surface area contributed by atoms with E-state index in [1.807, 2.05) is 19.9 Å². The zero-order valence-corrected chi connectivity index (χ0v) is 17.5. The Morgan fingerprint density at radius 2 is 1.69 bits per heavy atom. The Kier molecular flexibility index (Phi) is 12.0. The summed E-state index contributed by atoms with van der Waals surface area (Å²) in [7, 11) is 4.29. The molecular formula is C17H26BrNO7. The van der Waals surface area contributed by atoms with Gasteiger partial charge in [0, 0.05) is 13.5 Å². The molecule has 0 aliphatic carbocycles. The zero-order valence-electron chi connectivity index (χ0n) is 15.9. The lowest BCUT2D eigenvalue weighted by atomic mass is 10.1. The van der Waals surface area contributed by atoms with E-state index in [9.17, 15) is 9.59 Å². The first-order chi connectivity index (χ1) is 12.4. The van der Waals surface area contributed by atoms with Gasteiger partial charge in [-0.15, -0.1) is 0 Å². The molecule has 0 aliphatic heterocycles. The normalized spacial score (nSPS) is 10.6. The number of nitrogens with one attached hydrogen (secondary N) is 1. The minimum Gasteiger partial charge on any atom is -0.496 e. The van der Waals surface area contributed by atoms with E-state index in [1.165, 1.54) is 6.92 Å². The number of amides is 1. The van der Waals surface area contributed by atoms with Crippen molar-refractivity contribution in [2.75, 3.05) is 27.9 Å². The molecule has 1 unspecified atom stereocenters. The third-order valence-electron chi connectivity index (χ3n) is 2.92. The molecule has 9 heteroatoms. The van der Waals surface area contributed by atoms with E-state index in [-0.39, 0.29) is 0 Å². The van der Waals surface area contributed by atoms with E-state index in [0.29, 0.717) is 24.5 Å². The van der Waals surface area contributed by atoms with Crippen LogP contribution in [0.1, 0.15) is 26.3 Å². The molecule has 0 aromatic heterocycles. The molecule has 1 rings (SSSR count). The molecule has 0 radical (unpaired) electrons. The number of hydrogen-bond donors (Lipinski definition) is 1. The highest BCUT2D eigenvalue weighted by molar-refractivity contribution is 9.10. The molecule has 1 aromatic rings. The number of ether oxygens (including phenoxy) is 5. The van der Waals surface area contributed by atoms with Crippen LogP contribution >= 0.6 is 15.9 Å². The summed E-state index contributed by atoms with van der Waals surface area (Å²) in [6.45, 7) is 5.70. The number of methoxy groups -OCH3 is 3. The smallest absolute Gasteiger partial charge is 0.496 e. The summed E-state index contributed by atoms with van der Waals surface area (Å²) in [4.78, 5) is 22.5. The summed E-state index contributed by atoms with van der Waals surface area (Å²) in [6.07, 6.45) is -2.20. The molecule has 8 nitrogen and oxygen atoms in total. The zero-order chi connectivity index (χ0) is 20.1. The lowest BCUT2D eigenvalue weighted by Crippen LogP contribution is -2.31. The van der Waals surface area contributed by atoms with E-state index in [4.69, 9.17) is 14.2 Å². The van der Waals surface area contributed by atoms with Crippen LogP contribution in [0.2, 0.25) is 0 Å². The van der Waals surface area contributed by atoms with Crippen molar-refractivity contribution in [1.82, 2.24) is 5.32 Å². The summed E-state index contributed by atoms with van der Waals surface area (Å²) >= 11 is 3.38. The highest BCUT2D eigenvalue weighted by Crippen LogP contribution is 2.32. The van der Waals surface area contributed by atoms with Crippen molar-refractivity contribution in [3.63, 3.8) is 0 Å². The molecule has 1 atom stereocenters. The first kappa shape index (κ1) is 23.8. The van der Waals surface area contributed by atoms with Crippen molar-refractivity contribution in [2.45, 2.75) is 33.5 Å². The first-order valence-electron chi connectivity index (χ1n) is 8.00. The Bertz CT molecular complexity index is 580. The molecule has 1 N–H and O–H groups in total. The number of hydrogen-bond acceptors (Lipinski definition) is 7. The van der Waals surface area contributed by atoms with Gasteiger partial charge in [-0.2, -0.15) is 0 Å². The van der Waals surface area contributed by atoms with Gasteiger partial charge in [0.05, 0.1) is 25.8 Å². The number of carbonyl (C=O) groups excluding carboxylic acids is 2. The highest BCUT2D eigenvalue weighted by Gasteiger charge is 2.14. The Labute approximate surface area is 162 Å². The van der Waals surface area contributed by atoms with Crippen LogP contribution in [0.4, 0.5) is 9.59 Å². The fourth-order valence-electron chi connectivity index (χ4n) is 1.82. The van der Waals surface area contributed by atoms with Crippen LogP contribution in [-0.4, -0.2) is 46.4 Å². The van der Waals surface area contributed by atoms with Gasteiger partial charge in [0.15, 0.2) is 0 Å².